The maximum atomic E-state index is 13.2. The third kappa shape index (κ3) is 2.28. The van der Waals surface area contributed by atoms with Gasteiger partial charge in [0.05, 0.1) is 17.5 Å². The third-order valence-corrected chi connectivity index (χ3v) is 4.80. The SMILES string of the molecule is CNc1nc(C)c2cc(-c3cn[nH]c3)c(=O)n(C3CCCC3)c2n1. The molecule has 7 nitrogen and oxygen atoms in total. The molecular formula is C17H20N6O. The Morgan fingerprint density at radius 1 is 1.29 bits per heavy atom. The van der Waals surface area contributed by atoms with Crippen molar-refractivity contribution in [1.29, 1.82) is 0 Å². The van der Waals surface area contributed by atoms with Crippen molar-refractivity contribution < 1.29 is 0 Å². The van der Waals surface area contributed by atoms with Crippen LogP contribution >= 0.6 is 0 Å². The van der Waals surface area contributed by atoms with Crippen molar-refractivity contribution in [2.75, 3.05) is 12.4 Å². The van der Waals surface area contributed by atoms with Gasteiger partial charge >= 0.3 is 0 Å². The van der Waals surface area contributed by atoms with E-state index in [1.807, 2.05) is 17.6 Å². The molecule has 3 aromatic rings. The van der Waals surface area contributed by atoms with Gasteiger partial charge in [0.25, 0.3) is 5.56 Å². The number of nitrogens with one attached hydrogen (secondary N) is 2. The molecular weight excluding hydrogens is 304 g/mol. The highest BCUT2D eigenvalue weighted by molar-refractivity contribution is 5.84. The number of fused-ring (bicyclic) bond motifs is 1. The first-order valence-electron chi connectivity index (χ1n) is 8.30. The van der Waals surface area contributed by atoms with Crippen LogP contribution in [0, 0.1) is 6.92 Å². The molecule has 1 saturated carbocycles. The van der Waals surface area contributed by atoms with E-state index < -0.39 is 0 Å². The Hall–Kier alpha value is -2.70. The van der Waals surface area contributed by atoms with Crippen molar-refractivity contribution in [2.45, 2.75) is 38.6 Å². The maximum Gasteiger partial charge on any atom is 0.260 e. The molecule has 1 aliphatic rings. The fraction of sp³-hybridized carbons (Fsp3) is 0.412. The van der Waals surface area contributed by atoms with Crippen LogP contribution in [0.3, 0.4) is 0 Å². The van der Waals surface area contributed by atoms with E-state index >= 15 is 0 Å². The zero-order valence-electron chi connectivity index (χ0n) is 13.8. The molecule has 0 amide bonds. The van der Waals surface area contributed by atoms with Crippen molar-refractivity contribution in [3.63, 3.8) is 0 Å². The van der Waals surface area contributed by atoms with Crippen LogP contribution in [0.1, 0.15) is 37.4 Å². The summed E-state index contributed by atoms with van der Waals surface area (Å²) in [4.78, 5) is 22.3. The number of H-pyrrole nitrogens is 1. The zero-order valence-corrected chi connectivity index (χ0v) is 13.8. The summed E-state index contributed by atoms with van der Waals surface area (Å²) >= 11 is 0. The minimum Gasteiger partial charge on any atom is -0.357 e. The first kappa shape index (κ1) is 14.9. The summed E-state index contributed by atoms with van der Waals surface area (Å²) < 4.78 is 1.88. The van der Waals surface area contributed by atoms with Gasteiger partial charge in [-0.15, -0.1) is 0 Å². The van der Waals surface area contributed by atoms with Crippen LogP contribution in [0.25, 0.3) is 22.2 Å². The lowest BCUT2D eigenvalue weighted by atomic mass is 10.1. The van der Waals surface area contributed by atoms with E-state index in [2.05, 4.69) is 25.5 Å². The highest BCUT2D eigenvalue weighted by Gasteiger charge is 2.24. The number of hydrogen-bond donors (Lipinski definition) is 2. The molecule has 3 heterocycles. The molecule has 0 aromatic carbocycles. The van der Waals surface area contributed by atoms with Crippen molar-refractivity contribution in [3.05, 3.63) is 34.5 Å². The van der Waals surface area contributed by atoms with Gasteiger partial charge in [0.2, 0.25) is 5.95 Å². The third-order valence-electron chi connectivity index (χ3n) is 4.80. The molecule has 0 spiro atoms. The molecule has 0 radical (unpaired) electrons. The molecule has 1 aliphatic carbocycles. The lowest BCUT2D eigenvalue weighted by Gasteiger charge is -2.18. The van der Waals surface area contributed by atoms with Crippen LogP contribution in [-0.4, -0.2) is 31.8 Å². The van der Waals surface area contributed by atoms with E-state index in [1.165, 1.54) is 0 Å². The van der Waals surface area contributed by atoms with Gasteiger partial charge in [-0.25, -0.2) is 4.98 Å². The highest BCUT2D eigenvalue weighted by Crippen LogP contribution is 2.32. The molecule has 0 saturated heterocycles. The Balaban J connectivity index is 2.08. The van der Waals surface area contributed by atoms with Crippen LogP contribution in [-0.2, 0) is 0 Å². The monoisotopic (exact) mass is 324 g/mol. The fourth-order valence-corrected chi connectivity index (χ4v) is 3.57. The smallest absolute Gasteiger partial charge is 0.260 e. The second kappa shape index (κ2) is 5.74. The molecule has 4 rings (SSSR count). The van der Waals surface area contributed by atoms with Gasteiger partial charge in [-0.3, -0.25) is 14.5 Å². The Morgan fingerprint density at radius 3 is 2.75 bits per heavy atom. The van der Waals surface area contributed by atoms with Crippen LogP contribution < -0.4 is 10.9 Å². The second-order valence-corrected chi connectivity index (χ2v) is 6.28. The Bertz CT molecular complexity index is 938. The minimum absolute atomic E-state index is 0.00375. The summed E-state index contributed by atoms with van der Waals surface area (Å²) in [6, 6.07) is 2.09. The lowest BCUT2D eigenvalue weighted by molar-refractivity contribution is 0.516. The maximum absolute atomic E-state index is 13.2. The van der Waals surface area contributed by atoms with Crippen molar-refractivity contribution in [1.82, 2.24) is 24.7 Å². The van der Waals surface area contributed by atoms with Gasteiger partial charge < -0.3 is 5.32 Å². The normalized spacial score (nSPS) is 15.2. The quantitative estimate of drug-likeness (QED) is 0.773. The second-order valence-electron chi connectivity index (χ2n) is 6.28. The van der Waals surface area contributed by atoms with Crippen molar-refractivity contribution >= 4 is 17.0 Å². The van der Waals surface area contributed by atoms with Crippen LogP contribution in [0.15, 0.2) is 23.3 Å². The van der Waals surface area contributed by atoms with E-state index in [9.17, 15) is 4.79 Å². The predicted octanol–water partition coefficient (Wildman–Crippen LogP) is 2.65. The topological polar surface area (TPSA) is 88.5 Å². The summed E-state index contributed by atoms with van der Waals surface area (Å²) in [6.07, 6.45) is 7.76. The van der Waals surface area contributed by atoms with Gasteiger partial charge in [0.15, 0.2) is 0 Å². The number of hydrogen-bond acceptors (Lipinski definition) is 5. The van der Waals surface area contributed by atoms with Gasteiger partial charge in [-0.1, -0.05) is 12.8 Å². The number of anilines is 1. The summed E-state index contributed by atoms with van der Waals surface area (Å²) in [6.45, 7) is 1.95. The largest absolute Gasteiger partial charge is 0.357 e. The number of aromatic amines is 1. The Kier molecular flexibility index (Phi) is 3.55. The standard InChI is InChI=1S/C17H20N6O/c1-10-13-7-14(11-8-19-20-9-11)16(24)23(12-5-3-4-6-12)15(13)22-17(18-2)21-10/h7-9,12H,3-6H2,1-2H3,(H,19,20)(H,18,21,22). The first-order chi connectivity index (χ1) is 11.7. The van der Waals surface area contributed by atoms with Crippen LogP contribution in [0.4, 0.5) is 5.95 Å². The highest BCUT2D eigenvalue weighted by atomic mass is 16.1. The summed E-state index contributed by atoms with van der Waals surface area (Å²) in [5, 5.41) is 10.7. The molecule has 2 N–H and O–H groups in total. The molecule has 0 unspecified atom stereocenters. The average molecular weight is 324 g/mol. The molecule has 7 heteroatoms. The van der Waals surface area contributed by atoms with E-state index in [1.54, 1.807) is 19.4 Å². The van der Waals surface area contributed by atoms with E-state index in [0.717, 1.165) is 48.0 Å². The molecule has 124 valence electrons. The lowest BCUT2D eigenvalue weighted by Crippen LogP contribution is -2.26. The predicted molar refractivity (Wildman–Crippen MR) is 93.2 cm³/mol. The summed E-state index contributed by atoms with van der Waals surface area (Å²) in [5.41, 5.74) is 3.02. The zero-order chi connectivity index (χ0) is 16.7. The van der Waals surface area contributed by atoms with E-state index in [-0.39, 0.29) is 11.6 Å². The Labute approximate surface area is 139 Å². The molecule has 0 atom stereocenters. The van der Waals surface area contributed by atoms with Crippen LogP contribution in [0.2, 0.25) is 0 Å². The first-order valence-corrected chi connectivity index (χ1v) is 8.30. The average Bonchev–Trinajstić information content (AvgIpc) is 3.27. The number of rotatable bonds is 3. The van der Waals surface area contributed by atoms with Crippen molar-refractivity contribution in [3.8, 4) is 11.1 Å². The number of aryl methyl sites for hydroxylation is 1. The van der Waals surface area contributed by atoms with Gasteiger partial charge in [-0.2, -0.15) is 10.1 Å². The minimum atomic E-state index is -0.00375. The van der Waals surface area contributed by atoms with E-state index in [0.29, 0.717) is 11.5 Å². The van der Waals surface area contributed by atoms with Gasteiger partial charge in [0.1, 0.15) is 5.65 Å². The Morgan fingerprint density at radius 2 is 2.08 bits per heavy atom. The van der Waals surface area contributed by atoms with Gasteiger partial charge in [0, 0.05) is 30.2 Å². The molecule has 0 aliphatic heterocycles. The van der Waals surface area contributed by atoms with Crippen molar-refractivity contribution in [2.24, 2.45) is 0 Å². The molecule has 1 fully saturated rings. The number of nitrogens with zero attached hydrogens (tertiary/aromatic N) is 4. The van der Waals surface area contributed by atoms with Gasteiger partial charge in [-0.05, 0) is 25.8 Å². The molecule has 3 aromatic heterocycles. The summed E-state index contributed by atoms with van der Waals surface area (Å²) in [5.74, 6) is 0.544. The summed E-state index contributed by atoms with van der Waals surface area (Å²) in [7, 11) is 1.79. The fourth-order valence-electron chi connectivity index (χ4n) is 3.57. The molecule has 24 heavy (non-hydrogen) atoms. The number of aromatic nitrogens is 5. The van der Waals surface area contributed by atoms with E-state index in [4.69, 9.17) is 0 Å². The molecule has 0 bridgehead atoms. The van der Waals surface area contributed by atoms with Crippen LogP contribution in [0.5, 0.6) is 0 Å². The number of pyridine rings is 1.